The van der Waals surface area contributed by atoms with Gasteiger partial charge in [0, 0.05) is 34.3 Å². The van der Waals surface area contributed by atoms with Gasteiger partial charge in [-0.2, -0.15) is 0 Å². The van der Waals surface area contributed by atoms with Crippen LogP contribution in [0.1, 0.15) is 15.9 Å². The third-order valence-electron chi connectivity index (χ3n) is 1.59. The van der Waals surface area contributed by atoms with E-state index in [4.69, 9.17) is 16.7 Å². The quantitative estimate of drug-likeness (QED) is 0.665. The molecule has 0 fully saturated rings. The SMILES string of the molecule is O=Cc1ccc(Cl)c(CCO)c1.[Mn].[O-2].[O-2]. The van der Waals surface area contributed by atoms with E-state index >= 15 is 0 Å². The minimum atomic E-state index is 0. The van der Waals surface area contributed by atoms with Crippen LogP contribution in [0.5, 0.6) is 0 Å². The summed E-state index contributed by atoms with van der Waals surface area (Å²) in [6, 6.07) is 5.00. The fourth-order valence-electron chi connectivity index (χ4n) is 0.980. The zero-order valence-corrected chi connectivity index (χ0v) is 9.59. The van der Waals surface area contributed by atoms with Crippen molar-refractivity contribution in [2.45, 2.75) is 6.42 Å². The van der Waals surface area contributed by atoms with Gasteiger partial charge in [0.05, 0.1) is 0 Å². The maximum Gasteiger partial charge on any atom is 0.150 e. The Kier molecular flexibility index (Phi) is 13.5. The van der Waals surface area contributed by atoms with Gasteiger partial charge >= 0.3 is 0 Å². The van der Waals surface area contributed by atoms with Gasteiger partial charge < -0.3 is 16.1 Å². The predicted octanol–water partition coefficient (Wildman–Crippen LogP) is 1.45. The molecule has 0 spiro atoms. The van der Waals surface area contributed by atoms with Gasteiger partial charge in [-0.1, -0.05) is 17.7 Å². The molecular formula is C9H9ClMnO4-4. The van der Waals surface area contributed by atoms with Crippen LogP contribution < -0.4 is 0 Å². The third kappa shape index (κ3) is 5.89. The molecule has 6 heteroatoms. The Labute approximate surface area is 103 Å². The average molecular weight is 272 g/mol. The van der Waals surface area contributed by atoms with Crippen molar-refractivity contribution in [1.82, 2.24) is 0 Å². The number of aldehydes is 1. The monoisotopic (exact) mass is 271 g/mol. The van der Waals surface area contributed by atoms with Gasteiger partial charge in [-0.3, -0.25) is 4.79 Å². The van der Waals surface area contributed by atoms with E-state index < -0.39 is 0 Å². The molecule has 0 saturated heterocycles. The summed E-state index contributed by atoms with van der Waals surface area (Å²) < 4.78 is 0. The molecule has 0 aliphatic carbocycles. The molecule has 1 N–H and O–H groups in total. The van der Waals surface area contributed by atoms with Gasteiger partial charge in [-0.05, 0) is 24.1 Å². The first kappa shape index (κ1) is 20.1. The maximum atomic E-state index is 10.4. The molecule has 0 bridgehead atoms. The first-order valence-electron chi connectivity index (χ1n) is 3.62. The third-order valence-corrected chi connectivity index (χ3v) is 1.96. The van der Waals surface area contributed by atoms with Crippen LogP contribution in [0.2, 0.25) is 5.02 Å². The summed E-state index contributed by atoms with van der Waals surface area (Å²) in [6.07, 6.45) is 1.25. The summed E-state index contributed by atoms with van der Waals surface area (Å²) in [5.74, 6) is 0. The van der Waals surface area contributed by atoms with Crippen molar-refractivity contribution in [2.24, 2.45) is 0 Å². The fourth-order valence-corrected chi connectivity index (χ4v) is 1.19. The van der Waals surface area contributed by atoms with Crippen LogP contribution in [0.25, 0.3) is 0 Å². The Hall–Kier alpha value is -0.421. The number of aliphatic hydroxyl groups is 1. The van der Waals surface area contributed by atoms with E-state index in [0.29, 0.717) is 17.0 Å². The smallest absolute Gasteiger partial charge is 0.150 e. The number of hydrogen-bond donors (Lipinski definition) is 1. The van der Waals surface area contributed by atoms with Crippen molar-refractivity contribution in [3.05, 3.63) is 34.3 Å². The van der Waals surface area contributed by atoms with Crippen molar-refractivity contribution in [2.75, 3.05) is 6.61 Å². The van der Waals surface area contributed by atoms with E-state index in [2.05, 4.69) is 0 Å². The topological polar surface area (TPSA) is 94.3 Å². The van der Waals surface area contributed by atoms with Crippen LogP contribution in [0, 0.1) is 0 Å². The van der Waals surface area contributed by atoms with E-state index in [1.54, 1.807) is 18.2 Å². The summed E-state index contributed by atoms with van der Waals surface area (Å²) >= 11 is 5.80. The Bertz CT molecular complexity index is 293. The molecule has 0 aromatic heterocycles. The van der Waals surface area contributed by atoms with Gasteiger partial charge in [-0.25, -0.2) is 0 Å². The van der Waals surface area contributed by atoms with Gasteiger partial charge in [0.15, 0.2) is 0 Å². The van der Waals surface area contributed by atoms with Gasteiger partial charge in [0.2, 0.25) is 0 Å². The number of halogens is 1. The predicted molar refractivity (Wildman–Crippen MR) is 49.0 cm³/mol. The van der Waals surface area contributed by atoms with Crippen LogP contribution in [0.15, 0.2) is 18.2 Å². The summed E-state index contributed by atoms with van der Waals surface area (Å²) in [7, 11) is 0. The summed E-state index contributed by atoms with van der Waals surface area (Å²) in [5, 5.41) is 9.25. The molecule has 1 rings (SSSR count). The molecule has 0 saturated carbocycles. The Morgan fingerprint density at radius 2 is 1.93 bits per heavy atom. The van der Waals surface area contributed by atoms with E-state index in [9.17, 15) is 4.79 Å². The number of carbonyl (C=O) groups is 1. The first-order valence-corrected chi connectivity index (χ1v) is 4.00. The van der Waals surface area contributed by atoms with Gasteiger partial charge in [0.1, 0.15) is 6.29 Å². The normalized spacial score (nSPS) is 7.87. The molecule has 4 nitrogen and oxygen atoms in total. The molecule has 0 atom stereocenters. The molecule has 87 valence electrons. The molecule has 0 aliphatic rings. The standard InChI is InChI=1S/C9H9ClO2.Mn.2O/c10-9-2-1-7(6-12)5-8(9)3-4-11;;;/h1-2,5-6,11H,3-4H2;;;/q;;2*-2. The number of aliphatic hydroxyl groups excluding tert-OH is 1. The van der Waals surface area contributed by atoms with Crippen molar-refractivity contribution in [3.63, 3.8) is 0 Å². The number of carbonyl (C=O) groups excluding carboxylic acids is 1. The van der Waals surface area contributed by atoms with E-state index in [1.165, 1.54) is 0 Å². The van der Waals surface area contributed by atoms with Crippen molar-refractivity contribution >= 4 is 17.9 Å². The molecule has 0 heterocycles. The molecule has 1 aromatic carbocycles. The second kappa shape index (κ2) is 10.1. The number of hydrogen-bond acceptors (Lipinski definition) is 2. The van der Waals surface area contributed by atoms with Crippen LogP contribution >= 0.6 is 11.6 Å². The average Bonchev–Trinajstić information content (AvgIpc) is 2.09. The van der Waals surface area contributed by atoms with Crippen molar-refractivity contribution in [3.8, 4) is 0 Å². The van der Waals surface area contributed by atoms with E-state index in [-0.39, 0.29) is 34.6 Å². The summed E-state index contributed by atoms with van der Waals surface area (Å²) in [6.45, 7) is 0.0437. The van der Waals surface area contributed by atoms with Gasteiger partial charge in [-0.15, -0.1) is 0 Å². The molecule has 0 aliphatic heterocycles. The summed E-state index contributed by atoms with van der Waals surface area (Å²) in [5.41, 5.74) is 1.40. The Morgan fingerprint density at radius 1 is 1.33 bits per heavy atom. The molecule has 1 aromatic rings. The number of benzene rings is 1. The molecule has 15 heavy (non-hydrogen) atoms. The van der Waals surface area contributed by atoms with E-state index in [1.807, 2.05) is 0 Å². The molecular weight excluding hydrogens is 262 g/mol. The van der Waals surface area contributed by atoms with Crippen LogP contribution in [0.4, 0.5) is 0 Å². The molecule has 1 radical (unpaired) electrons. The minimum Gasteiger partial charge on any atom is -2.00 e. The largest absolute Gasteiger partial charge is 2.00 e. The first-order chi connectivity index (χ1) is 5.77. The van der Waals surface area contributed by atoms with Gasteiger partial charge in [0.25, 0.3) is 0 Å². The van der Waals surface area contributed by atoms with Crippen LogP contribution in [0.3, 0.4) is 0 Å². The zero-order chi connectivity index (χ0) is 8.97. The van der Waals surface area contributed by atoms with Crippen molar-refractivity contribution < 1.29 is 37.9 Å². The maximum absolute atomic E-state index is 10.4. The van der Waals surface area contributed by atoms with Crippen LogP contribution in [-0.4, -0.2) is 18.0 Å². The van der Waals surface area contributed by atoms with Crippen molar-refractivity contribution in [1.29, 1.82) is 0 Å². The second-order valence-corrected chi connectivity index (χ2v) is 2.85. The Morgan fingerprint density at radius 3 is 2.40 bits per heavy atom. The minimum absolute atomic E-state index is 0. The molecule has 0 amide bonds. The summed E-state index contributed by atoms with van der Waals surface area (Å²) in [4.78, 5) is 10.4. The molecule has 0 unspecified atom stereocenters. The van der Waals surface area contributed by atoms with Crippen LogP contribution in [-0.2, 0) is 34.4 Å². The zero-order valence-electron chi connectivity index (χ0n) is 7.65. The van der Waals surface area contributed by atoms with E-state index in [0.717, 1.165) is 11.8 Å². The number of rotatable bonds is 3. The second-order valence-electron chi connectivity index (χ2n) is 2.44. The Balaban J connectivity index is -0.000000480. The fraction of sp³-hybridized carbons (Fsp3) is 0.222.